The highest BCUT2D eigenvalue weighted by Gasteiger charge is 2.42. The molecule has 6 heteroatoms. The maximum absolute atomic E-state index is 11.9. The van der Waals surface area contributed by atoms with Crippen molar-refractivity contribution in [2.45, 2.75) is 50.8 Å². The summed E-state index contributed by atoms with van der Waals surface area (Å²) in [5, 5.41) is 2.32. The number of nitrogens with one attached hydrogen (secondary N) is 1. The number of carbonyl (C=O) groups is 1. The van der Waals surface area contributed by atoms with E-state index in [1.165, 1.54) is 0 Å². The molecule has 1 saturated carbocycles. The third-order valence-electron chi connectivity index (χ3n) is 2.94. The van der Waals surface area contributed by atoms with Crippen molar-refractivity contribution in [1.82, 2.24) is 5.32 Å². The molecule has 0 radical (unpaired) electrons. The van der Waals surface area contributed by atoms with Gasteiger partial charge in [-0.05, 0) is 32.6 Å². The smallest absolute Gasteiger partial charge is 0.365 e. The van der Waals surface area contributed by atoms with Gasteiger partial charge in [0.15, 0.2) is 0 Å². The minimum atomic E-state index is -4.23. The number of amides is 1. The molecule has 1 aliphatic carbocycles. The standard InChI is InChI=1S/C11H18F3NO2/c1-2-17-10(5-3-4-6-10)9(16)15-8-7-11(12,13)14/h2-8H2,1H3,(H,15,16). The van der Waals surface area contributed by atoms with Crippen LogP contribution in [0, 0.1) is 0 Å². The number of hydrogen-bond donors (Lipinski definition) is 1. The van der Waals surface area contributed by atoms with Gasteiger partial charge in [-0.3, -0.25) is 4.79 Å². The van der Waals surface area contributed by atoms with Gasteiger partial charge in [0.05, 0.1) is 6.42 Å². The summed E-state index contributed by atoms with van der Waals surface area (Å²) in [5.74, 6) is -0.402. The largest absolute Gasteiger partial charge is 0.390 e. The van der Waals surface area contributed by atoms with E-state index in [1.54, 1.807) is 6.92 Å². The van der Waals surface area contributed by atoms with Gasteiger partial charge in [-0.15, -0.1) is 0 Å². The summed E-state index contributed by atoms with van der Waals surface area (Å²) in [6.07, 6.45) is -2.28. The lowest BCUT2D eigenvalue weighted by Gasteiger charge is -2.27. The van der Waals surface area contributed by atoms with Crippen molar-refractivity contribution < 1.29 is 22.7 Å². The maximum Gasteiger partial charge on any atom is 0.390 e. The Balaban J connectivity index is 2.44. The van der Waals surface area contributed by atoms with Gasteiger partial charge in [-0.1, -0.05) is 0 Å². The molecule has 0 bridgehead atoms. The molecule has 1 rings (SSSR count). The predicted molar refractivity (Wildman–Crippen MR) is 56.5 cm³/mol. The van der Waals surface area contributed by atoms with Crippen molar-refractivity contribution in [2.75, 3.05) is 13.2 Å². The number of halogens is 3. The van der Waals surface area contributed by atoms with Gasteiger partial charge in [0.1, 0.15) is 5.60 Å². The average molecular weight is 253 g/mol. The molecule has 17 heavy (non-hydrogen) atoms. The van der Waals surface area contributed by atoms with Crippen molar-refractivity contribution in [2.24, 2.45) is 0 Å². The normalized spacial score (nSPS) is 19.3. The average Bonchev–Trinajstić information content (AvgIpc) is 2.66. The topological polar surface area (TPSA) is 38.3 Å². The van der Waals surface area contributed by atoms with Gasteiger partial charge in [0.25, 0.3) is 5.91 Å². The summed E-state index contributed by atoms with van der Waals surface area (Å²) in [6, 6.07) is 0. The van der Waals surface area contributed by atoms with Crippen LogP contribution in [0.1, 0.15) is 39.0 Å². The number of hydrogen-bond acceptors (Lipinski definition) is 2. The molecule has 0 unspecified atom stereocenters. The summed E-state index contributed by atoms with van der Waals surface area (Å²) in [4.78, 5) is 11.8. The Kier molecular flexibility index (Phi) is 4.80. The Morgan fingerprint density at radius 3 is 2.41 bits per heavy atom. The molecule has 3 nitrogen and oxygen atoms in total. The lowest BCUT2D eigenvalue weighted by Crippen LogP contribution is -2.47. The van der Waals surface area contributed by atoms with Crippen LogP contribution < -0.4 is 5.32 Å². The zero-order chi connectivity index (χ0) is 12.9. The summed E-state index contributed by atoms with van der Waals surface area (Å²) in [6.45, 7) is 1.80. The first-order valence-corrected chi connectivity index (χ1v) is 5.89. The van der Waals surface area contributed by atoms with E-state index in [0.717, 1.165) is 12.8 Å². The molecule has 1 fully saturated rings. The van der Waals surface area contributed by atoms with Crippen LogP contribution in [0.15, 0.2) is 0 Å². The molecule has 0 aromatic heterocycles. The van der Waals surface area contributed by atoms with E-state index in [2.05, 4.69) is 5.32 Å². The predicted octanol–water partition coefficient (Wildman–Crippen LogP) is 2.40. The third kappa shape index (κ3) is 4.18. The zero-order valence-corrected chi connectivity index (χ0v) is 9.90. The van der Waals surface area contributed by atoms with E-state index in [-0.39, 0.29) is 6.54 Å². The van der Waals surface area contributed by atoms with Gasteiger partial charge in [-0.2, -0.15) is 13.2 Å². The molecule has 0 spiro atoms. The molecule has 0 atom stereocenters. The second kappa shape index (κ2) is 5.71. The molecular formula is C11H18F3NO2. The summed E-state index contributed by atoms with van der Waals surface area (Å²) < 4.78 is 41.3. The van der Waals surface area contributed by atoms with E-state index in [9.17, 15) is 18.0 Å². The second-order valence-corrected chi connectivity index (χ2v) is 4.26. The highest BCUT2D eigenvalue weighted by atomic mass is 19.4. The van der Waals surface area contributed by atoms with Gasteiger partial charge >= 0.3 is 6.18 Å². The molecule has 0 heterocycles. The third-order valence-corrected chi connectivity index (χ3v) is 2.94. The van der Waals surface area contributed by atoms with Gasteiger partial charge in [-0.25, -0.2) is 0 Å². The molecule has 0 saturated heterocycles. The Bertz CT molecular complexity index is 260. The number of ether oxygens (including phenoxy) is 1. The van der Waals surface area contributed by atoms with E-state index < -0.39 is 24.1 Å². The second-order valence-electron chi connectivity index (χ2n) is 4.26. The summed E-state index contributed by atoms with van der Waals surface area (Å²) in [7, 11) is 0. The van der Waals surface area contributed by atoms with Crippen LogP contribution >= 0.6 is 0 Å². The highest BCUT2D eigenvalue weighted by molar-refractivity contribution is 5.85. The van der Waals surface area contributed by atoms with Crippen LogP contribution in [0.25, 0.3) is 0 Å². The zero-order valence-electron chi connectivity index (χ0n) is 9.90. The Hall–Kier alpha value is -0.780. The Morgan fingerprint density at radius 2 is 1.94 bits per heavy atom. The number of carbonyl (C=O) groups excluding carboxylic acids is 1. The molecule has 1 amide bonds. The van der Waals surface area contributed by atoms with Crippen molar-refractivity contribution in [3.8, 4) is 0 Å². The molecule has 1 aliphatic rings. The van der Waals surface area contributed by atoms with Crippen LogP contribution in [0.3, 0.4) is 0 Å². The lowest BCUT2D eigenvalue weighted by molar-refractivity contribution is -0.149. The highest BCUT2D eigenvalue weighted by Crippen LogP contribution is 2.33. The van der Waals surface area contributed by atoms with Crippen LogP contribution in [-0.4, -0.2) is 30.8 Å². The Labute approximate surface area is 98.7 Å². The van der Waals surface area contributed by atoms with Crippen molar-refractivity contribution >= 4 is 5.91 Å². The number of alkyl halides is 3. The quantitative estimate of drug-likeness (QED) is 0.817. The van der Waals surface area contributed by atoms with E-state index in [0.29, 0.717) is 19.4 Å². The van der Waals surface area contributed by atoms with Gasteiger partial charge in [0, 0.05) is 13.2 Å². The molecule has 1 N–H and O–H groups in total. The van der Waals surface area contributed by atoms with Crippen molar-refractivity contribution in [1.29, 1.82) is 0 Å². The SMILES string of the molecule is CCOC1(C(=O)NCCC(F)(F)F)CCCC1. The van der Waals surface area contributed by atoms with Crippen LogP contribution in [0.5, 0.6) is 0 Å². The van der Waals surface area contributed by atoms with E-state index in [4.69, 9.17) is 4.74 Å². The van der Waals surface area contributed by atoms with Crippen LogP contribution in [0.4, 0.5) is 13.2 Å². The Morgan fingerprint density at radius 1 is 1.35 bits per heavy atom. The van der Waals surface area contributed by atoms with Crippen molar-refractivity contribution in [3.63, 3.8) is 0 Å². The van der Waals surface area contributed by atoms with Crippen molar-refractivity contribution in [3.05, 3.63) is 0 Å². The summed E-state index contributed by atoms with van der Waals surface area (Å²) in [5.41, 5.74) is -0.889. The van der Waals surface area contributed by atoms with Crippen LogP contribution in [-0.2, 0) is 9.53 Å². The fourth-order valence-electron chi connectivity index (χ4n) is 2.14. The fourth-order valence-corrected chi connectivity index (χ4v) is 2.14. The maximum atomic E-state index is 11.9. The molecule has 0 aromatic carbocycles. The minimum absolute atomic E-state index is 0.378. The molecular weight excluding hydrogens is 235 g/mol. The molecule has 100 valence electrons. The monoisotopic (exact) mass is 253 g/mol. The molecule has 0 aromatic rings. The minimum Gasteiger partial charge on any atom is -0.365 e. The first-order chi connectivity index (χ1) is 7.90. The summed E-state index contributed by atoms with van der Waals surface area (Å²) >= 11 is 0. The lowest BCUT2D eigenvalue weighted by atomic mass is 10.0. The van der Waals surface area contributed by atoms with E-state index >= 15 is 0 Å². The first kappa shape index (κ1) is 14.3. The number of rotatable bonds is 5. The van der Waals surface area contributed by atoms with Gasteiger partial charge in [0.2, 0.25) is 0 Å². The van der Waals surface area contributed by atoms with Gasteiger partial charge < -0.3 is 10.1 Å². The van der Waals surface area contributed by atoms with Crippen LogP contribution in [0.2, 0.25) is 0 Å². The molecule has 0 aliphatic heterocycles. The fraction of sp³-hybridized carbons (Fsp3) is 0.909. The first-order valence-electron chi connectivity index (χ1n) is 5.89. The van der Waals surface area contributed by atoms with E-state index in [1.807, 2.05) is 0 Å².